The summed E-state index contributed by atoms with van der Waals surface area (Å²) in [5.41, 5.74) is 2.70. The molecule has 1 aromatic heterocycles. The van der Waals surface area contributed by atoms with Crippen LogP contribution in [0.3, 0.4) is 0 Å². The van der Waals surface area contributed by atoms with Gasteiger partial charge in [-0.3, -0.25) is 9.89 Å². The molecule has 0 aliphatic rings. The topological polar surface area (TPSA) is 57.8 Å². The van der Waals surface area contributed by atoms with Gasteiger partial charge in [0.1, 0.15) is 0 Å². The molecule has 0 saturated carbocycles. The van der Waals surface area contributed by atoms with Crippen molar-refractivity contribution in [3.8, 4) is 0 Å². The average molecular weight is 297 g/mol. The lowest BCUT2D eigenvalue weighted by molar-refractivity contribution is -0.115. The van der Waals surface area contributed by atoms with Crippen LogP contribution in [0.25, 0.3) is 10.9 Å². The lowest BCUT2D eigenvalue weighted by Crippen LogP contribution is -2.14. The fourth-order valence-corrected chi connectivity index (χ4v) is 2.56. The Morgan fingerprint density at radius 2 is 2.05 bits per heavy atom. The fourth-order valence-electron chi connectivity index (χ4n) is 2.15. The van der Waals surface area contributed by atoms with Crippen molar-refractivity contribution in [2.45, 2.75) is 11.3 Å². The third-order valence-electron chi connectivity index (χ3n) is 3.25. The van der Waals surface area contributed by atoms with Gasteiger partial charge >= 0.3 is 0 Å². The van der Waals surface area contributed by atoms with Crippen molar-refractivity contribution < 1.29 is 4.79 Å². The first-order valence-corrected chi connectivity index (χ1v) is 7.83. The van der Waals surface area contributed by atoms with Gasteiger partial charge in [0.2, 0.25) is 5.91 Å². The molecule has 21 heavy (non-hydrogen) atoms. The molecule has 106 valence electrons. The smallest absolute Gasteiger partial charge is 0.228 e. The number of benzene rings is 2. The first-order valence-electron chi connectivity index (χ1n) is 6.60. The molecule has 2 N–H and O–H groups in total. The van der Waals surface area contributed by atoms with Gasteiger partial charge in [-0.25, -0.2) is 0 Å². The molecule has 4 nitrogen and oxygen atoms in total. The molecule has 0 aliphatic carbocycles. The number of H-pyrrole nitrogens is 1. The molecular weight excluding hydrogens is 282 g/mol. The number of hydrogen-bond donors (Lipinski definition) is 2. The van der Waals surface area contributed by atoms with E-state index in [9.17, 15) is 4.79 Å². The molecule has 0 radical (unpaired) electrons. The molecule has 0 aliphatic heterocycles. The highest BCUT2D eigenvalue weighted by atomic mass is 32.2. The van der Waals surface area contributed by atoms with Crippen LogP contribution < -0.4 is 5.32 Å². The number of fused-ring (bicyclic) bond motifs is 1. The molecule has 0 unspecified atom stereocenters. The van der Waals surface area contributed by atoms with Crippen LogP contribution in [-0.4, -0.2) is 22.4 Å². The SMILES string of the molecule is CSc1ccc(CC(=O)Nc2ccc3cn[nH]c3c2)cc1. The Kier molecular flexibility index (Phi) is 3.92. The third kappa shape index (κ3) is 3.25. The van der Waals surface area contributed by atoms with E-state index in [0.717, 1.165) is 22.2 Å². The summed E-state index contributed by atoms with van der Waals surface area (Å²) in [6, 6.07) is 13.7. The Bertz CT molecular complexity index is 765. The lowest BCUT2D eigenvalue weighted by Gasteiger charge is -2.06. The monoisotopic (exact) mass is 297 g/mol. The highest BCUT2D eigenvalue weighted by Gasteiger charge is 2.05. The van der Waals surface area contributed by atoms with Gasteiger partial charge < -0.3 is 5.32 Å². The number of amides is 1. The van der Waals surface area contributed by atoms with Gasteiger partial charge in [0.05, 0.1) is 18.1 Å². The summed E-state index contributed by atoms with van der Waals surface area (Å²) in [5, 5.41) is 10.8. The Labute approximate surface area is 126 Å². The first kappa shape index (κ1) is 13.7. The van der Waals surface area contributed by atoms with Crippen molar-refractivity contribution >= 4 is 34.3 Å². The van der Waals surface area contributed by atoms with Gasteiger partial charge in [-0.15, -0.1) is 11.8 Å². The second kappa shape index (κ2) is 6.01. The van der Waals surface area contributed by atoms with Crippen molar-refractivity contribution in [1.29, 1.82) is 0 Å². The van der Waals surface area contributed by atoms with Crippen LogP contribution in [0.5, 0.6) is 0 Å². The van der Waals surface area contributed by atoms with Crippen LogP contribution in [0.2, 0.25) is 0 Å². The average Bonchev–Trinajstić information content (AvgIpc) is 2.95. The molecule has 0 spiro atoms. The molecule has 0 atom stereocenters. The van der Waals surface area contributed by atoms with Gasteiger partial charge in [0, 0.05) is 16.0 Å². The number of aromatic amines is 1. The first-order chi connectivity index (χ1) is 10.2. The molecule has 0 bridgehead atoms. The summed E-state index contributed by atoms with van der Waals surface area (Å²) in [6.45, 7) is 0. The largest absolute Gasteiger partial charge is 0.326 e. The maximum absolute atomic E-state index is 12.1. The third-order valence-corrected chi connectivity index (χ3v) is 3.99. The van der Waals surface area contributed by atoms with Crippen LogP contribution in [0.1, 0.15) is 5.56 Å². The molecule has 0 saturated heterocycles. The summed E-state index contributed by atoms with van der Waals surface area (Å²) >= 11 is 1.69. The Morgan fingerprint density at radius 3 is 2.81 bits per heavy atom. The number of carbonyl (C=O) groups excluding carboxylic acids is 1. The number of thioether (sulfide) groups is 1. The molecule has 3 rings (SSSR count). The molecule has 2 aromatic carbocycles. The minimum absolute atomic E-state index is 0.0224. The normalized spacial score (nSPS) is 10.7. The van der Waals surface area contributed by atoms with E-state index in [1.165, 1.54) is 4.90 Å². The van der Waals surface area contributed by atoms with E-state index >= 15 is 0 Å². The zero-order chi connectivity index (χ0) is 14.7. The fraction of sp³-hybridized carbons (Fsp3) is 0.125. The number of nitrogens with one attached hydrogen (secondary N) is 2. The summed E-state index contributed by atoms with van der Waals surface area (Å²) in [6.07, 6.45) is 4.16. The van der Waals surface area contributed by atoms with E-state index in [0.29, 0.717) is 6.42 Å². The number of nitrogens with zero attached hydrogens (tertiary/aromatic N) is 1. The number of aromatic nitrogens is 2. The number of hydrogen-bond acceptors (Lipinski definition) is 3. The Balaban J connectivity index is 1.67. The standard InChI is InChI=1S/C16H15N3OS/c1-21-14-6-2-11(3-7-14)8-16(20)18-13-5-4-12-10-17-19-15(12)9-13/h2-7,9-10H,8H2,1H3,(H,17,19)(H,18,20). The van der Waals surface area contributed by atoms with Crippen molar-refractivity contribution in [1.82, 2.24) is 10.2 Å². The lowest BCUT2D eigenvalue weighted by atomic mass is 10.1. The Hall–Kier alpha value is -2.27. The number of anilines is 1. The van der Waals surface area contributed by atoms with Gasteiger partial charge in [0.25, 0.3) is 0 Å². The minimum atomic E-state index is -0.0224. The highest BCUT2D eigenvalue weighted by Crippen LogP contribution is 2.18. The molecule has 5 heteroatoms. The number of rotatable bonds is 4. The quantitative estimate of drug-likeness (QED) is 0.725. The van der Waals surface area contributed by atoms with Gasteiger partial charge in [-0.05, 0) is 42.2 Å². The second-order valence-corrected chi connectivity index (χ2v) is 5.62. The summed E-state index contributed by atoms with van der Waals surface area (Å²) in [7, 11) is 0. The van der Waals surface area contributed by atoms with E-state index in [-0.39, 0.29) is 5.91 Å². The van der Waals surface area contributed by atoms with Crippen LogP contribution in [0.15, 0.2) is 53.6 Å². The maximum Gasteiger partial charge on any atom is 0.228 e. The van der Waals surface area contributed by atoms with Gasteiger partial charge in [-0.2, -0.15) is 5.10 Å². The summed E-state index contributed by atoms with van der Waals surface area (Å²) < 4.78 is 0. The summed E-state index contributed by atoms with van der Waals surface area (Å²) in [5.74, 6) is -0.0224. The minimum Gasteiger partial charge on any atom is -0.326 e. The maximum atomic E-state index is 12.1. The molecule has 3 aromatic rings. The predicted octanol–water partition coefficient (Wildman–Crippen LogP) is 3.47. The Morgan fingerprint density at radius 1 is 1.24 bits per heavy atom. The molecular formula is C16H15N3OS. The van der Waals surface area contributed by atoms with Crippen LogP contribution >= 0.6 is 11.8 Å². The predicted molar refractivity (Wildman–Crippen MR) is 86.7 cm³/mol. The van der Waals surface area contributed by atoms with Crippen LogP contribution in [0, 0.1) is 0 Å². The molecule has 0 fully saturated rings. The van der Waals surface area contributed by atoms with E-state index < -0.39 is 0 Å². The van der Waals surface area contributed by atoms with E-state index in [1.807, 2.05) is 48.7 Å². The van der Waals surface area contributed by atoms with Crippen molar-refractivity contribution in [2.75, 3.05) is 11.6 Å². The van der Waals surface area contributed by atoms with Crippen LogP contribution in [-0.2, 0) is 11.2 Å². The zero-order valence-corrected chi connectivity index (χ0v) is 12.4. The van der Waals surface area contributed by atoms with Crippen molar-refractivity contribution in [2.24, 2.45) is 0 Å². The van der Waals surface area contributed by atoms with E-state index in [2.05, 4.69) is 15.5 Å². The van der Waals surface area contributed by atoms with Gasteiger partial charge in [0.15, 0.2) is 0 Å². The summed E-state index contributed by atoms with van der Waals surface area (Å²) in [4.78, 5) is 13.3. The van der Waals surface area contributed by atoms with Gasteiger partial charge in [-0.1, -0.05) is 12.1 Å². The highest BCUT2D eigenvalue weighted by molar-refractivity contribution is 7.98. The number of carbonyl (C=O) groups is 1. The van der Waals surface area contributed by atoms with Crippen LogP contribution in [0.4, 0.5) is 5.69 Å². The molecule has 1 heterocycles. The molecule has 1 amide bonds. The van der Waals surface area contributed by atoms with Crippen molar-refractivity contribution in [3.05, 3.63) is 54.2 Å². The van der Waals surface area contributed by atoms with Crippen molar-refractivity contribution in [3.63, 3.8) is 0 Å². The van der Waals surface area contributed by atoms with E-state index in [1.54, 1.807) is 18.0 Å². The second-order valence-electron chi connectivity index (χ2n) is 4.75. The van der Waals surface area contributed by atoms with E-state index in [4.69, 9.17) is 0 Å². The zero-order valence-electron chi connectivity index (χ0n) is 11.6.